The van der Waals surface area contributed by atoms with Crippen LogP contribution in [0.15, 0.2) is 42.5 Å². The van der Waals surface area contributed by atoms with Crippen LogP contribution < -0.4 is 4.90 Å². The van der Waals surface area contributed by atoms with Crippen molar-refractivity contribution >= 4 is 17.6 Å². The van der Waals surface area contributed by atoms with Crippen molar-refractivity contribution in [2.75, 3.05) is 11.9 Å². The third-order valence-electron chi connectivity index (χ3n) is 3.22. The number of aryl methyl sites for hydroxylation is 1. The highest BCUT2D eigenvalue weighted by Crippen LogP contribution is 2.22. The van der Waals surface area contributed by atoms with E-state index in [1.165, 1.54) is 25.2 Å². The number of para-hydroxylation sites is 1. The van der Waals surface area contributed by atoms with E-state index in [0.29, 0.717) is 5.56 Å². The van der Waals surface area contributed by atoms with Crippen LogP contribution >= 0.6 is 0 Å². The van der Waals surface area contributed by atoms with Crippen LogP contribution in [0.5, 0.6) is 0 Å². The van der Waals surface area contributed by atoms with Crippen LogP contribution in [0.2, 0.25) is 0 Å². The Morgan fingerprint density at radius 3 is 2.33 bits per heavy atom. The number of carbonyl (C=O) groups excluding carboxylic acids is 1. The Labute approximate surface area is 121 Å². The molecule has 0 aromatic heterocycles. The zero-order valence-corrected chi connectivity index (χ0v) is 11.6. The van der Waals surface area contributed by atoms with Crippen molar-refractivity contribution in [3.63, 3.8) is 0 Å². The molecule has 1 N–H and O–H groups in total. The molecule has 2 aromatic carbocycles. The molecule has 0 saturated heterocycles. The van der Waals surface area contributed by atoms with Crippen molar-refractivity contribution in [2.45, 2.75) is 6.92 Å². The lowest BCUT2D eigenvalue weighted by atomic mass is 10.1. The predicted molar refractivity (Wildman–Crippen MR) is 77.3 cm³/mol. The van der Waals surface area contributed by atoms with Gasteiger partial charge in [-0.2, -0.15) is 0 Å². The summed E-state index contributed by atoms with van der Waals surface area (Å²) in [6.07, 6.45) is 0. The molecule has 4 nitrogen and oxygen atoms in total. The maximum absolute atomic E-state index is 14.0. The number of carboxylic acids is 1. The molecule has 0 fully saturated rings. The zero-order valence-electron chi connectivity index (χ0n) is 11.6. The quantitative estimate of drug-likeness (QED) is 0.943. The highest BCUT2D eigenvalue weighted by Gasteiger charge is 2.21. The monoisotopic (exact) mass is 287 g/mol. The van der Waals surface area contributed by atoms with Gasteiger partial charge in [-0.1, -0.05) is 24.3 Å². The summed E-state index contributed by atoms with van der Waals surface area (Å²) in [5.41, 5.74) is 0.482. The third-order valence-corrected chi connectivity index (χ3v) is 3.22. The summed E-state index contributed by atoms with van der Waals surface area (Å²) in [6, 6.07) is 10.6. The van der Waals surface area contributed by atoms with Crippen LogP contribution in [0.3, 0.4) is 0 Å². The summed E-state index contributed by atoms with van der Waals surface area (Å²) in [4.78, 5) is 24.7. The van der Waals surface area contributed by atoms with E-state index in [1.54, 1.807) is 31.2 Å². The average Bonchev–Trinajstić information content (AvgIpc) is 2.48. The van der Waals surface area contributed by atoms with Gasteiger partial charge in [-0.25, -0.2) is 9.18 Å². The molecule has 21 heavy (non-hydrogen) atoms. The van der Waals surface area contributed by atoms with Gasteiger partial charge in [-0.15, -0.1) is 0 Å². The Morgan fingerprint density at radius 1 is 1.05 bits per heavy atom. The number of aromatic carboxylic acids is 1. The first-order valence-electron chi connectivity index (χ1n) is 6.29. The fourth-order valence-electron chi connectivity index (χ4n) is 2.05. The second kappa shape index (κ2) is 5.75. The SMILES string of the molecule is Cc1cccc(C(=O)N(C)c2ccccc2C(=O)O)c1F. The first kappa shape index (κ1) is 14.7. The molecule has 0 bridgehead atoms. The lowest BCUT2D eigenvalue weighted by Crippen LogP contribution is -2.28. The van der Waals surface area contributed by atoms with Crippen molar-refractivity contribution < 1.29 is 19.1 Å². The number of amides is 1. The maximum Gasteiger partial charge on any atom is 0.337 e. The maximum atomic E-state index is 14.0. The lowest BCUT2D eigenvalue weighted by Gasteiger charge is -2.20. The van der Waals surface area contributed by atoms with E-state index >= 15 is 0 Å². The Balaban J connectivity index is 2.45. The molecule has 1 amide bonds. The molecule has 0 heterocycles. The highest BCUT2D eigenvalue weighted by atomic mass is 19.1. The smallest absolute Gasteiger partial charge is 0.337 e. The molecule has 2 rings (SSSR count). The lowest BCUT2D eigenvalue weighted by molar-refractivity contribution is 0.0697. The molecule has 0 atom stereocenters. The minimum Gasteiger partial charge on any atom is -0.478 e. The van der Waals surface area contributed by atoms with Gasteiger partial charge in [0, 0.05) is 7.05 Å². The zero-order chi connectivity index (χ0) is 15.6. The van der Waals surface area contributed by atoms with Gasteiger partial charge in [0.2, 0.25) is 0 Å². The summed E-state index contributed by atoms with van der Waals surface area (Å²) < 4.78 is 14.0. The largest absolute Gasteiger partial charge is 0.478 e. The van der Waals surface area contributed by atoms with Gasteiger partial charge < -0.3 is 10.0 Å². The number of hydrogen-bond donors (Lipinski definition) is 1. The van der Waals surface area contributed by atoms with Gasteiger partial charge in [-0.3, -0.25) is 4.79 Å². The standard InChI is InChI=1S/C16H14FNO3/c1-10-6-5-8-12(14(10)17)15(19)18(2)13-9-4-3-7-11(13)16(20)21/h3-9H,1-2H3,(H,20,21). The number of halogens is 1. The second-order valence-corrected chi connectivity index (χ2v) is 4.62. The van der Waals surface area contributed by atoms with Gasteiger partial charge in [-0.05, 0) is 30.7 Å². The number of rotatable bonds is 3. The molecular weight excluding hydrogens is 273 g/mol. The Hall–Kier alpha value is -2.69. The summed E-state index contributed by atoms with van der Waals surface area (Å²) in [7, 11) is 1.42. The van der Waals surface area contributed by atoms with Crippen LogP contribution in [0, 0.1) is 12.7 Å². The van der Waals surface area contributed by atoms with Crippen LogP contribution in [-0.2, 0) is 0 Å². The van der Waals surface area contributed by atoms with E-state index in [4.69, 9.17) is 5.11 Å². The number of anilines is 1. The number of carbonyl (C=O) groups is 2. The fourth-order valence-corrected chi connectivity index (χ4v) is 2.05. The first-order chi connectivity index (χ1) is 9.93. The Morgan fingerprint density at radius 2 is 1.67 bits per heavy atom. The molecule has 5 heteroatoms. The van der Waals surface area contributed by atoms with Crippen molar-refractivity contribution in [1.82, 2.24) is 0 Å². The summed E-state index contributed by atoms with van der Waals surface area (Å²) in [5.74, 6) is -2.33. The summed E-state index contributed by atoms with van der Waals surface area (Å²) in [5, 5.41) is 9.15. The topological polar surface area (TPSA) is 57.6 Å². The van der Waals surface area contributed by atoms with E-state index < -0.39 is 17.7 Å². The highest BCUT2D eigenvalue weighted by molar-refractivity contribution is 6.09. The van der Waals surface area contributed by atoms with E-state index in [2.05, 4.69) is 0 Å². The van der Waals surface area contributed by atoms with Crippen molar-refractivity contribution in [1.29, 1.82) is 0 Å². The van der Waals surface area contributed by atoms with E-state index in [1.807, 2.05) is 0 Å². The Bertz CT molecular complexity index is 712. The second-order valence-electron chi connectivity index (χ2n) is 4.62. The molecule has 0 aliphatic rings. The molecule has 2 aromatic rings. The van der Waals surface area contributed by atoms with E-state index in [0.717, 1.165) is 4.90 Å². The van der Waals surface area contributed by atoms with Gasteiger partial charge in [0.1, 0.15) is 5.82 Å². The van der Waals surface area contributed by atoms with Gasteiger partial charge >= 0.3 is 5.97 Å². The first-order valence-corrected chi connectivity index (χ1v) is 6.29. The number of hydrogen-bond acceptors (Lipinski definition) is 2. The van der Waals surface area contributed by atoms with Crippen LogP contribution in [0.25, 0.3) is 0 Å². The minimum absolute atomic E-state index is 0.0126. The van der Waals surface area contributed by atoms with Crippen LogP contribution in [0.1, 0.15) is 26.3 Å². The summed E-state index contributed by atoms with van der Waals surface area (Å²) >= 11 is 0. The molecule has 0 radical (unpaired) electrons. The van der Waals surface area contributed by atoms with E-state index in [-0.39, 0.29) is 16.8 Å². The molecule has 108 valence electrons. The number of carboxylic acid groups (broad SMARTS) is 1. The van der Waals surface area contributed by atoms with Gasteiger partial charge in [0.15, 0.2) is 0 Å². The molecule has 0 spiro atoms. The molecule has 0 aliphatic carbocycles. The van der Waals surface area contributed by atoms with Crippen molar-refractivity contribution in [2.24, 2.45) is 0 Å². The average molecular weight is 287 g/mol. The van der Waals surface area contributed by atoms with Gasteiger partial charge in [0.05, 0.1) is 16.8 Å². The van der Waals surface area contributed by atoms with Crippen LogP contribution in [0.4, 0.5) is 10.1 Å². The van der Waals surface area contributed by atoms with Crippen LogP contribution in [-0.4, -0.2) is 24.0 Å². The summed E-state index contributed by atoms with van der Waals surface area (Å²) in [6.45, 7) is 1.57. The fraction of sp³-hybridized carbons (Fsp3) is 0.125. The number of benzene rings is 2. The molecular formula is C16H14FNO3. The number of nitrogens with zero attached hydrogens (tertiary/aromatic N) is 1. The van der Waals surface area contributed by atoms with Crippen molar-refractivity contribution in [3.8, 4) is 0 Å². The normalized spacial score (nSPS) is 10.2. The predicted octanol–water partition coefficient (Wildman–Crippen LogP) is 3.11. The van der Waals surface area contributed by atoms with Crippen molar-refractivity contribution in [3.05, 3.63) is 65.0 Å². The molecule has 0 unspecified atom stereocenters. The third kappa shape index (κ3) is 2.76. The van der Waals surface area contributed by atoms with Gasteiger partial charge in [0.25, 0.3) is 5.91 Å². The van der Waals surface area contributed by atoms with E-state index in [9.17, 15) is 14.0 Å². The molecule has 0 saturated carbocycles. The Kier molecular flexibility index (Phi) is 4.03. The minimum atomic E-state index is -1.14. The molecule has 0 aliphatic heterocycles.